The van der Waals surface area contributed by atoms with E-state index in [1.807, 2.05) is 25.1 Å². The smallest absolute Gasteiger partial charge is 0.260 e. The van der Waals surface area contributed by atoms with E-state index < -0.39 is 5.82 Å². The summed E-state index contributed by atoms with van der Waals surface area (Å²) in [6.45, 7) is 8.37. The number of ether oxygens (including phenoxy) is 1. The number of aromatic nitrogens is 2. The summed E-state index contributed by atoms with van der Waals surface area (Å²) >= 11 is 0. The maximum atomic E-state index is 13.7. The first-order valence-electron chi connectivity index (χ1n) is 6.80. The van der Waals surface area contributed by atoms with Crippen molar-refractivity contribution in [1.29, 1.82) is 0 Å². The standard InChI is InChI=1S/C16H20FN3O/c1-10-8-11(16(2,3)4)6-7-13(10)21-14-12(17)9-19-15(18-5)20-14/h6-9H,1-5H3,(H,18,19,20). The maximum absolute atomic E-state index is 13.7. The molecule has 0 spiro atoms. The van der Waals surface area contributed by atoms with Crippen molar-refractivity contribution in [3.63, 3.8) is 0 Å². The van der Waals surface area contributed by atoms with E-state index in [0.717, 1.165) is 11.8 Å². The molecule has 0 amide bonds. The minimum atomic E-state index is -0.590. The first-order valence-corrected chi connectivity index (χ1v) is 6.80. The van der Waals surface area contributed by atoms with Gasteiger partial charge in [0.05, 0.1) is 6.20 Å². The number of nitrogens with one attached hydrogen (secondary N) is 1. The van der Waals surface area contributed by atoms with Crippen LogP contribution in [0.4, 0.5) is 10.3 Å². The van der Waals surface area contributed by atoms with Crippen LogP contribution >= 0.6 is 0 Å². The largest absolute Gasteiger partial charge is 0.436 e. The Morgan fingerprint density at radius 3 is 2.52 bits per heavy atom. The molecule has 0 radical (unpaired) electrons. The summed E-state index contributed by atoms with van der Waals surface area (Å²) in [7, 11) is 1.67. The number of hydrogen-bond donors (Lipinski definition) is 1. The highest BCUT2D eigenvalue weighted by molar-refractivity contribution is 5.41. The molecule has 0 fully saturated rings. The number of nitrogens with zero attached hydrogens (tertiary/aromatic N) is 2. The molecule has 1 aromatic carbocycles. The van der Waals surface area contributed by atoms with Crippen LogP contribution < -0.4 is 10.1 Å². The van der Waals surface area contributed by atoms with Crippen molar-refractivity contribution in [2.45, 2.75) is 33.1 Å². The van der Waals surface area contributed by atoms with E-state index in [9.17, 15) is 4.39 Å². The lowest BCUT2D eigenvalue weighted by atomic mass is 9.86. The monoisotopic (exact) mass is 289 g/mol. The van der Waals surface area contributed by atoms with E-state index in [1.165, 1.54) is 5.56 Å². The third-order valence-corrected chi connectivity index (χ3v) is 3.18. The first-order chi connectivity index (χ1) is 9.81. The van der Waals surface area contributed by atoms with Crippen LogP contribution in [-0.2, 0) is 5.41 Å². The third-order valence-electron chi connectivity index (χ3n) is 3.18. The molecule has 0 aliphatic rings. The molecule has 2 rings (SSSR count). The van der Waals surface area contributed by atoms with Gasteiger partial charge in [0, 0.05) is 7.05 Å². The quantitative estimate of drug-likeness (QED) is 0.925. The molecule has 2 aromatic rings. The molecule has 1 aromatic heterocycles. The Bertz CT molecular complexity index is 650. The van der Waals surface area contributed by atoms with Crippen LogP contribution in [0.5, 0.6) is 11.6 Å². The molecular formula is C16H20FN3O. The number of halogens is 1. The second-order valence-corrected chi connectivity index (χ2v) is 5.93. The van der Waals surface area contributed by atoms with Crippen LogP contribution in [0, 0.1) is 12.7 Å². The van der Waals surface area contributed by atoms with Crippen LogP contribution in [0.15, 0.2) is 24.4 Å². The van der Waals surface area contributed by atoms with Gasteiger partial charge in [-0.15, -0.1) is 0 Å². The number of benzene rings is 1. The lowest BCUT2D eigenvalue weighted by Gasteiger charge is -2.20. The third kappa shape index (κ3) is 3.48. The summed E-state index contributed by atoms with van der Waals surface area (Å²) in [4.78, 5) is 7.77. The topological polar surface area (TPSA) is 47.0 Å². The predicted octanol–water partition coefficient (Wildman–Crippen LogP) is 4.06. The van der Waals surface area contributed by atoms with Gasteiger partial charge < -0.3 is 10.1 Å². The summed E-state index contributed by atoms with van der Waals surface area (Å²) in [6, 6.07) is 5.88. The van der Waals surface area contributed by atoms with Crippen LogP contribution in [-0.4, -0.2) is 17.0 Å². The lowest BCUT2D eigenvalue weighted by molar-refractivity contribution is 0.418. The summed E-state index contributed by atoms with van der Waals surface area (Å²) in [5, 5.41) is 2.76. The van der Waals surface area contributed by atoms with Gasteiger partial charge in [0.2, 0.25) is 11.8 Å². The van der Waals surface area contributed by atoms with Crippen molar-refractivity contribution >= 4 is 5.95 Å². The Balaban J connectivity index is 2.32. The highest BCUT2D eigenvalue weighted by Crippen LogP contribution is 2.30. The van der Waals surface area contributed by atoms with Crippen molar-refractivity contribution in [1.82, 2.24) is 9.97 Å². The van der Waals surface area contributed by atoms with Crippen molar-refractivity contribution in [3.05, 3.63) is 41.3 Å². The summed E-state index contributed by atoms with van der Waals surface area (Å²) in [5.41, 5.74) is 2.20. The fraction of sp³-hybridized carbons (Fsp3) is 0.375. The maximum Gasteiger partial charge on any atom is 0.260 e. The zero-order chi connectivity index (χ0) is 15.6. The van der Waals surface area contributed by atoms with Gasteiger partial charge in [-0.05, 0) is 29.5 Å². The molecule has 0 saturated carbocycles. The average Bonchev–Trinajstić information content (AvgIpc) is 2.42. The van der Waals surface area contributed by atoms with Gasteiger partial charge in [-0.25, -0.2) is 4.98 Å². The SMILES string of the molecule is CNc1ncc(F)c(Oc2ccc(C(C)(C)C)cc2C)n1. The molecule has 1 N–H and O–H groups in total. The van der Waals surface area contributed by atoms with E-state index in [0.29, 0.717) is 11.7 Å². The first kappa shape index (κ1) is 15.2. The molecular weight excluding hydrogens is 269 g/mol. The Morgan fingerprint density at radius 2 is 1.95 bits per heavy atom. The van der Waals surface area contributed by atoms with E-state index in [2.05, 4.69) is 36.1 Å². The van der Waals surface area contributed by atoms with Gasteiger partial charge in [0.15, 0.2) is 0 Å². The molecule has 0 aliphatic heterocycles. The zero-order valence-corrected chi connectivity index (χ0v) is 13.0. The van der Waals surface area contributed by atoms with E-state index >= 15 is 0 Å². The van der Waals surface area contributed by atoms with Crippen molar-refractivity contribution in [3.8, 4) is 11.6 Å². The van der Waals surface area contributed by atoms with Gasteiger partial charge in [0.1, 0.15) is 5.75 Å². The van der Waals surface area contributed by atoms with Crippen LogP contribution in [0.3, 0.4) is 0 Å². The van der Waals surface area contributed by atoms with Gasteiger partial charge >= 0.3 is 0 Å². The average molecular weight is 289 g/mol. The minimum absolute atomic E-state index is 0.0583. The fourth-order valence-electron chi connectivity index (χ4n) is 1.88. The fourth-order valence-corrected chi connectivity index (χ4v) is 1.88. The Hall–Kier alpha value is -2.17. The zero-order valence-electron chi connectivity index (χ0n) is 13.0. The predicted molar refractivity (Wildman–Crippen MR) is 81.5 cm³/mol. The van der Waals surface area contributed by atoms with Gasteiger partial charge in [-0.1, -0.05) is 32.9 Å². The molecule has 0 bridgehead atoms. The Morgan fingerprint density at radius 1 is 1.24 bits per heavy atom. The van der Waals surface area contributed by atoms with E-state index in [4.69, 9.17) is 4.74 Å². The van der Waals surface area contributed by atoms with Crippen LogP contribution in [0.1, 0.15) is 31.9 Å². The molecule has 0 aliphatic carbocycles. The minimum Gasteiger partial charge on any atom is -0.436 e. The molecule has 0 atom stereocenters. The van der Waals surface area contributed by atoms with Gasteiger partial charge in [-0.2, -0.15) is 9.37 Å². The van der Waals surface area contributed by atoms with Gasteiger partial charge in [-0.3, -0.25) is 0 Å². The molecule has 0 saturated heterocycles. The molecule has 5 heteroatoms. The lowest BCUT2D eigenvalue weighted by Crippen LogP contribution is -2.11. The highest BCUT2D eigenvalue weighted by Gasteiger charge is 2.16. The van der Waals surface area contributed by atoms with Gasteiger partial charge in [0.25, 0.3) is 5.88 Å². The summed E-state index contributed by atoms with van der Waals surface area (Å²) in [5.74, 6) is 0.229. The molecule has 21 heavy (non-hydrogen) atoms. The molecule has 112 valence electrons. The van der Waals surface area contributed by atoms with E-state index in [-0.39, 0.29) is 11.3 Å². The number of aryl methyl sites for hydroxylation is 1. The van der Waals surface area contributed by atoms with E-state index in [1.54, 1.807) is 7.05 Å². The number of rotatable bonds is 3. The van der Waals surface area contributed by atoms with Crippen LogP contribution in [0.25, 0.3) is 0 Å². The highest BCUT2D eigenvalue weighted by atomic mass is 19.1. The van der Waals surface area contributed by atoms with Crippen molar-refractivity contribution in [2.24, 2.45) is 0 Å². The summed E-state index contributed by atoms with van der Waals surface area (Å²) in [6.07, 6.45) is 1.09. The number of anilines is 1. The molecule has 1 heterocycles. The summed E-state index contributed by atoms with van der Waals surface area (Å²) < 4.78 is 19.3. The van der Waals surface area contributed by atoms with Crippen molar-refractivity contribution < 1.29 is 9.13 Å². The van der Waals surface area contributed by atoms with Crippen molar-refractivity contribution in [2.75, 3.05) is 12.4 Å². The Kier molecular flexibility index (Phi) is 4.11. The Labute approximate surface area is 124 Å². The second-order valence-electron chi connectivity index (χ2n) is 5.93. The normalized spacial score (nSPS) is 11.3. The second kappa shape index (κ2) is 5.68. The molecule has 4 nitrogen and oxygen atoms in total. The van der Waals surface area contributed by atoms with Crippen LogP contribution in [0.2, 0.25) is 0 Å². The molecule has 0 unspecified atom stereocenters. The number of hydrogen-bond acceptors (Lipinski definition) is 4.